The molecular formula is C19H30N3O3S+. The molecule has 2 fully saturated rings. The number of sulfonamides is 1. The maximum atomic E-state index is 13.0. The van der Waals surface area contributed by atoms with Crippen molar-refractivity contribution < 1.29 is 18.1 Å². The Morgan fingerprint density at radius 3 is 2.42 bits per heavy atom. The average molecular weight is 381 g/mol. The van der Waals surface area contributed by atoms with Gasteiger partial charge in [-0.3, -0.25) is 4.79 Å². The number of piperidine rings is 2. The van der Waals surface area contributed by atoms with Crippen LogP contribution in [0.2, 0.25) is 0 Å². The summed E-state index contributed by atoms with van der Waals surface area (Å²) in [6.07, 6.45) is 6.50. The van der Waals surface area contributed by atoms with E-state index in [0.717, 1.165) is 37.9 Å². The third-order valence-corrected chi connectivity index (χ3v) is 7.42. The predicted octanol–water partition coefficient (Wildman–Crippen LogP) is 1.18. The molecule has 0 unspecified atom stereocenters. The van der Waals surface area contributed by atoms with Crippen LogP contribution >= 0.6 is 0 Å². The second-order valence-electron chi connectivity index (χ2n) is 7.48. The Hall–Kier alpha value is -1.44. The van der Waals surface area contributed by atoms with Gasteiger partial charge >= 0.3 is 0 Å². The predicted molar refractivity (Wildman–Crippen MR) is 102 cm³/mol. The maximum Gasteiger partial charge on any atom is 0.279 e. The van der Waals surface area contributed by atoms with Crippen molar-refractivity contribution in [3.05, 3.63) is 23.8 Å². The Kier molecular flexibility index (Phi) is 6.32. The molecule has 0 atom stereocenters. The molecule has 1 amide bonds. The van der Waals surface area contributed by atoms with Gasteiger partial charge in [-0.25, -0.2) is 8.42 Å². The number of quaternary nitrogens is 1. The second-order valence-corrected chi connectivity index (χ2v) is 9.39. The largest absolute Gasteiger partial charge is 0.327 e. The smallest absolute Gasteiger partial charge is 0.279 e. The van der Waals surface area contributed by atoms with Crippen molar-refractivity contribution in [3.8, 4) is 0 Å². The van der Waals surface area contributed by atoms with E-state index in [2.05, 4.69) is 5.32 Å². The number of carbonyl (C=O) groups is 1. The van der Waals surface area contributed by atoms with Crippen LogP contribution < -0.4 is 10.2 Å². The summed E-state index contributed by atoms with van der Waals surface area (Å²) in [6.45, 7) is 5.49. The molecule has 1 aromatic carbocycles. The standard InChI is InChI=1S/C19H29N3O3S/c1-16-8-9-17(20-19(23)15-21-10-4-2-5-11-21)14-18(16)26(24,25)22-12-6-3-7-13-22/h8-9,14H,2-7,10-13,15H2,1H3,(H,20,23)/p+1. The number of amides is 1. The summed E-state index contributed by atoms with van der Waals surface area (Å²) < 4.78 is 27.5. The van der Waals surface area contributed by atoms with E-state index in [9.17, 15) is 13.2 Å². The molecule has 1 aromatic rings. The Labute approximate surface area is 156 Å². The number of carbonyl (C=O) groups excluding carboxylic acids is 1. The first-order chi connectivity index (χ1) is 12.5. The molecule has 144 valence electrons. The lowest BCUT2D eigenvalue weighted by Crippen LogP contribution is -3.13. The lowest BCUT2D eigenvalue weighted by atomic mass is 10.1. The van der Waals surface area contributed by atoms with E-state index in [1.807, 2.05) is 0 Å². The van der Waals surface area contributed by atoms with E-state index in [1.165, 1.54) is 24.2 Å². The van der Waals surface area contributed by atoms with Gasteiger partial charge in [-0.05, 0) is 56.7 Å². The number of benzene rings is 1. The molecule has 2 N–H and O–H groups in total. The molecule has 7 heteroatoms. The molecule has 6 nitrogen and oxygen atoms in total. The first-order valence-corrected chi connectivity index (χ1v) is 11.1. The molecule has 26 heavy (non-hydrogen) atoms. The van der Waals surface area contributed by atoms with Crippen molar-refractivity contribution in [1.29, 1.82) is 0 Å². The van der Waals surface area contributed by atoms with Crippen molar-refractivity contribution in [2.24, 2.45) is 0 Å². The molecule has 2 aliphatic rings. The highest BCUT2D eigenvalue weighted by Crippen LogP contribution is 2.25. The van der Waals surface area contributed by atoms with Gasteiger partial charge in [-0.15, -0.1) is 0 Å². The lowest BCUT2D eigenvalue weighted by molar-refractivity contribution is -0.896. The van der Waals surface area contributed by atoms with Gasteiger partial charge in [0.05, 0.1) is 18.0 Å². The summed E-state index contributed by atoms with van der Waals surface area (Å²) >= 11 is 0. The molecule has 2 heterocycles. The zero-order chi connectivity index (χ0) is 18.6. The number of rotatable bonds is 5. The Morgan fingerprint density at radius 1 is 1.08 bits per heavy atom. The summed E-state index contributed by atoms with van der Waals surface area (Å²) in [5.41, 5.74) is 1.28. The number of hydrogen-bond donors (Lipinski definition) is 2. The molecule has 0 bridgehead atoms. The molecule has 0 saturated carbocycles. The molecule has 0 radical (unpaired) electrons. The molecule has 3 rings (SSSR count). The zero-order valence-electron chi connectivity index (χ0n) is 15.6. The highest BCUT2D eigenvalue weighted by molar-refractivity contribution is 7.89. The minimum absolute atomic E-state index is 0.0490. The Morgan fingerprint density at radius 2 is 1.73 bits per heavy atom. The van der Waals surface area contributed by atoms with Gasteiger partial charge < -0.3 is 10.2 Å². The van der Waals surface area contributed by atoms with Gasteiger partial charge in [0.2, 0.25) is 10.0 Å². The quantitative estimate of drug-likeness (QED) is 0.806. The highest BCUT2D eigenvalue weighted by atomic mass is 32.2. The van der Waals surface area contributed by atoms with Gasteiger partial charge in [0, 0.05) is 18.8 Å². The fourth-order valence-electron chi connectivity index (χ4n) is 3.86. The summed E-state index contributed by atoms with van der Waals surface area (Å²) in [4.78, 5) is 14.0. The third kappa shape index (κ3) is 4.64. The van der Waals surface area contributed by atoms with Gasteiger partial charge in [-0.2, -0.15) is 4.31 Å². The van der Waals surface area contributed by atoms with Crippen LogP contribution in [-0.2, 0) is 14.8 Å². The van der Waals surface area contributed by atoms with Crippen molar-refractivity contribution in [3.63, 3.8) is 0 Å². The molecule has 2 saturated heterocycles. The molecule has 2 aliphatic heterocycles. The number of hydrogen-bond acceptors (Lipinski definition) is 3. The van der Waals surface area contributed by atoms with E-state index < -0.39 is 10.0 Å². The maximum absolute atomic E-state index is 13.0. The van der Waals surface area contributed by atoms with E-state index in [1.54, 1.807) is 29.4 Å². The zero-order valence-corrected chi connectivity index (χ0v) is 16.4. The minimum atomic E-state index is -3.50. The van der Waals surface area contributed by atoms with Crippen LogP contribution in [0.15, 0.2) is 23.1 Å². The van der Waals surface area contributed by atoms with E-state index in [4.69, 9.17) is 0 Å². The minimum Gasteiger partial charge on any atom is -0.327 e. The monoisotopic (exact) mass is 380 g/mol. The van der Waals surface area contributed by atoms with Crippen LogP contribution in [0.25, 0.3) is 0 Å². The van der Waals surface area contributed by atoms with E-state index in [-0.39, 0.29) is 5.91 Å². The topological polar surface area (TPSA) is 70.9 Å². The van der Waals surface area contributed by atoms with Gasteiger partial charge in [-0.1, -0.05) is 12.5 Å². The second kappa shape index (κ2) is 8.50. The number of anilines is 1. The number of nitrogens with one attached hydrogen (secondary N) is 2. The lowest BCUT2D eigenvalue weighted by Gasteiger charge is -2.27. The first kappa shape index (κ1) is 19.3. The molecule has 0 aromatic heterocycles. The molecule has 0 aliphatic carbocycles. The van der Waals surface area contributed by atoms with Gasteiger partial charge in [0.25, 0.3) is 5.91 Å². The summed E-state index contributed by atoms with van der Waals surface area (Å²) in [6, 6.07) is 5.18. The van der Waals surface area contributed by atoms with Crippen molar-refractivity contribution in [1.82, 2.24) is 4.31 Å². The summed E-state index contributed by atoms with van der Waals surface area (Å²) in [5.74, 6) is -0.0490. The number of nitrogens with zero attached hydrogens (tertiary/aromatic N) is 1. The highest BCUT2D eigenvalue weighted by Gasteiger charge is 2.28. The normalized spacial score (nSPS) is 20.0. The summed E-state index contributed by atoms with van der Waals surface area (Å²) in [5, 5.41) is 2.89. The van der Waals surface area contributed by atoms with E-state index >= 15 is 0 Å². The van der Waals surface area contributed by atoms with E-state index in [0.29, 0.717) is 30.2 Å². The first-order valence-electron chi connectivity index (χ1n) is 9.71. The number of likely N-dealkylation sites (tertiary alicyclic amines) is 1. The van der Waals surface area contributed by atoms with Crippen LogP contribution in [0.4, 0.5) is 5.69 Å². The Balaban J connectivity index is 1.71. The number of aryl methyl sites for hydroxylation is 1. The van der Waals surface area contributed by atoms with Crippen LogP contribution in [-0.4, -0.2) is 51.4 Å². The van der Waals surface area contributed by atoms with Crippen molar-refractivity contribution >= 4 is 21.6 Å². The van der Waals surface area contributed by atoms with Crippen molar-refractivity contribution in [2.45, 2.75) is 50.3 Å². The fourth-order valence-corrected chi connectivity index (χ4v) is 5.63. The molecule has 0 spiro atoms. The van der Waals surface area contributed by atoms with Gasteiger partial charge in [0.15, 0.2) is 6.54 Å². The fraction of sp³-hybridized carbons (Fsp3) is 0.632. The summed E-state index contributed by atoms with van der Waals surface area (Å²) in [7, 11) is -3.50. The van der Waals surface area contributed by atoms with Gasteiger partial charge in [0.1, 0.15) is 0 Å². The molecular weight excluding hydrogens is 350 g/mol. The van der Waals surface area contributed by atoms with Crippen LogP contribution in [0.5, 0.6) is 0 Å². The Bertz CT molecular complexity index is 736. The van der Waals surface area contributed by atoms with Crippen molar-refractivity contribution in [2.75, 3.05) is 38.0 Å². The average Bonchev–Trinajstić information content (AvgIpc) is 2.64. The van der Waals surface area contributed by atoms with Crippen LogP contribution in [0.1, 0.15) is 44.1 Å². The third-order valence-electron chi connectivity index (χ3n) is 5.38. The van der Waals surface area contributed by atoms with Crippen LogP contribution in [0.3, 0.4) is 0 Å². The van der Waals surface area contributed by atoms with Crippen LogP contribution in [0, 0.1) is 6.92 Å². The SMILES string of the molecule is Cc1ccc(NC(=O)C[NH+]2CCCCC2)cc1S(=O)(=O)N1CCCCC1.